The van der Waals surface area contributed by atoms with Gasteiger partial charge in [0.2, 0.25) is 5.79 Å². The Morgan fingerprint density at radius 1 is 1.22 bits per heavy atom. The highest BCUT2D eigenvalue weighted by Crippen LogP contribution is 2.46. The van der Waals surface area contributed by atoms with Gasteiger partial charge in [0.05, 0.1) is 0 Å². The van der Waals surface area contributed by atoms with E-state index in [0.717, 1.165) is 24.8 Å². The van der Waals surface area contributed by atoms with Crippen LogP contribution in [0.15, 0.2) is 30.3 Å². The third-order valence-corrected chi connectivity index (χ3v) is 4.07. The van der Waals surface area contributed by atoms with Crippen molar-refractivity contribution < 1.29 is 14.3 Å². The zero-order chi connectivity index (χ0) is 12.6. The zero-order valence-corrected chi connectivity index (χ0v) is 10.6. The summed E-state index contributed by atoms with van der Waals surface area (Å²) in [5, 5.41) is 0. The number of carbonyl (C=O) groups is 1. The van der Waals surface area contributed by atoms with E-state index < -0.39 is 11.9 Å². The summed E-state index contributed by atoms with van der Waals surface area (Å²) >= 11 is 0. The fourth-order valence-corrected chi connectivity index (χ4v) is 2.94. The van der Waals surface area contributed by atoms with Gasteiger partial charge < -0.3 is 9.47 Å². The molecule has 3 heteroatoms. The average Bonchev–Trinajstić information content (AvgIpc) is 2.73. The van der Waals surface area contributed by atoms with Gasteiger partial charge in [0.25, 0.3) is 0 Å². The minimum atomic E-state index is -0.671. The first-order chi connectivity index (χ1) is 8.71. The number of hydrogen-bond acceptors (Lipinski definition) is 3. The summed E-state index contributed by atoms with van der Waals surface area (Å²) in [6.07, 6.45) is 3.60. The highest BCUT2D eigenvalue weighted by molar-refractivity contribution is 5.78. The number of esters is 1. The molecular formula is C15H18O3. The standard InChI is InChI=1S/C15H18O3/c1-11-7-5-6-10-15(11)17-13(14(16)18-15)12-8-3-2-4-9-12/h2-4,8-9,11,13H,5-7,10H2,1H3/t11-,13-,15?/m1/s1. The summed E-state index contributed by atoms with van der Waals surface area (Å²) in [4.78, 5) is 12.0. The lowest BCUT2D eigenvalue weighted by atomic mass is 9.84. The first-order valence-corrected chi connectivity index (χ1v) is 6.67. The Bertz CT molecular complexity index is 442. The maximum Gasteiger partial charge on any atom is 0.342 e. The lowest BCUT2D eigenvalue weighted by Crippen LogP contribution is -2.40. The van der Waals surface area contributed by atoms with E-state index >= 15 is 0 Å². The van der Waals surface area contributed by atoms with E-state index in [9.17, 15) is 4.79 Å². The van der Waals surface area contributed by atoms with Crippen LogP contribution in [0, 0.1) is 5.92 Å². The topological polar surface area (TPSA) is 35.5 Å². The van der Waals surface area contributed by atoms with Crippen molar-refractivity contribution in [3.05, 3.63) is 35.9 Å². The molecule has 3 rings (SSSR count). The Morgan fingerprint density at radius 3 is 2.72 bits per heavy atom. The van der Waals surface area contributed by atoms with Gasteiger partial charge in [-0.3, -0.25) is 0 Å². The maximum atomic E-state index is 12.0. The summed E-state index contributed by atoms with van der Waals surface area (Å²) in [5.74, 6) is -0.630. The van der Waals surface area contributed by atoms with Crippen molar-refractivity contribution in [2.24, 2.45) is 5.92 Å². The predicted octanol–water partition coefficient (Wildman–Crippen LogP) is 3.21. The van der Waals surface area contributed by atoms with Crippen LogP contribution in [0.3, 0.4) is 0 Å². The van der Waals surface area contributed by atoms with Crippen molar-refractivity contribution in [3.63, 3.8) is 0 Å². The minimum Gasteiger partial charge on any atom is -0.431 e. The van der Waals surface area contributed by atoms with Gasteiger partial charge in [-0.05, 0) is 18.4 Å². The molecule has 96 valence electrons. The molecule has 1 saturated heterocycles. The van der Waals surface area contributed by atoms with Crippen LogP contribution in [0.2, 0.25) is 0 Å². The molecule has 1 unspecified atom stereocenters. The molecule has 2 aliphatic rings. The molecule has 0 aromatic heterocycles. The van der Waals surface area contributed by atoms with Crippen LogP contribution in [0.5, 0.6) is 0 Å². The molecular weight excluding hydrogens is 228 g/mol. The van der Waals surface area contributed by atoms with Crippen LogP contribution in [0.1, 0.15) is 44.3 Å². The molecule has 0 bridgehead atoms. The van der Waals surface area contributed by atoms with Crippen molar-refractivity contribution in [1.29, 1.82) is 0 Å². The van der Waals surface area contributed by atoms with Crippen molar-refractivity contribution in [3.8, 4) is 0 Å². The third kappa shape index (κ3) is 1.83. The summed E-state index contributed by atoms with van der Waals surface area (Å²) in [6.45, 7) is 2.11. The second-order valence-corrected chi connectivity index (χ2v) is 5.29. The van der Waals surface area contributed by atoms with Gasteiger partial charge in [0.1, 0.15) is 0 Å². The summed E-state index contributed by atoms with van der Waals surface area (Å²) in [6, 6.07) is 9.60. The second-order valence-electron chi connectivity index (χ2n) is 5.29. The van der Waals surface area contributed by atoms with Gasteiger partial charge in [0.15, 0.2) is 6.10 Å². The van der Waals surface area contributed by atoms with Crippen LogP contribution in [0.4, 0.5) is 0 Å². The molecule has 3 nitrogen and oxygen atoms in total. The molecule has 18 heavy (non-hydrogen) atoms. The number of hydrogen-bond donors (Lipinski definition) is 0. The average molecular weight is 246 g/mol. The smallest absolute Gasteiger partial charge is 0.342 e. The molecule has 1 heterocycles. The van der Waals surface area contributed by atoms with Gasteiger partial charge in [-0.15, -0.1) is 0 Å². The van der Waals surface area contributed by atoms with Crippen LogP contribution >= 0.6 is 0 Å². The molecule has 1 spiro atoms. The lowest BCUT2D eigenvalue weighted by Gasteiger charge is -2.36. The number of carbonyl (C=O) groups excluding carboxylic acids is 1. The van der Waals surface area contributed by atoms with E-state index in [4.69, 9.17) is 9.47 Å². The fourth-order valence-electron chi connectivity index (χ4n) is 2.94. The molecule has 0 N–H and O–H groups in total. The van der Waals surface area contributed by atoms with E-state index in [1.807, 2.05) is 30.3 Å². The Kier molecular flexibility index (Phi) is 2.86. The number of benzene rings is 1. The van der Waals surface area contributed by atoms with E-state index in [2.05, 4.69) is 6.92 Å². The second kappa shape index (κ2) is 4.39. The molecule has 3 atom stereocenters. The molecule has 1 aromatic carbocycles. The number of rotatable bonds is 1. The van der Waals surface area contributed by atoms with E-state index in [1.165, 1.54) is 6.42 Å². The fraction of sp³-hybridized carbons (Fsp3) is 0.533. The monoisotopic (exact) mass is 246 g/mol. The SMILES string of the molecule is C[C@@H]1CCCCC12OC(=O)[C@@H](c1ccccc1)O2. The quantitative estimate of drug-likeness (QED) is 0.714. The summed E-state index contributed by atoms with van der Waals surface area (Å²) < 4.78 is 11.6. The molecule has 1 saturated carbocycles. The van der Waals surface area contributed by atoms with E-state index in [0.29, 0.717) is 0 Å². The normalized spacial score (nSPS) is 35.7. The molecule has 2 fully saturated rings. The predicted molar refractivity (Wildman–Crippen MR) is 66.7 cm³/mol. The number of ether oxygens (including phenoxy) is 2. The zero-order valence-electron chi connectivity index (χ0n) is 10.6. The molecule has 1 aliphatic heterocycles. The van der Waals surface area contributed by atoms with Crippen LogP contribution < -0.4 is 0 Å². The lowest BCUT2D eigenvalue weighted by molar-refractivity contribution is -0.217. The van der Waals surface area contributed by atoms with Crippen LogP contribution in [0.25, 0.3) is 0 Å². The molecule has 1 aromatic rings. The highest BCUT2D eigenvalue weighted by Gasteiger charge is 2.52. The Hall–Kier alpha value is -1.35. The summed E-state index contributed by atoms with van der Waals surface area (Å²) in [5.41, 5.74) is 0.886. The summed E-state index contributed by atoms with van der Waals surface area (Å²) in [7, 11) is 0. The van der Waals surface area contributed by atoms with E-state index in [1.54, 1.807) is 0 Å². The van der Waals surface area contributed by atoms with Gasteiger partial charge in [-0.2, -0.15) is 0 Å². The van der Waals surface area contributed by atoms with Crippen molar-refractivity contribution >= 4 is 5.97 Å². The first-order valence-electron chi connectivity index (χ1n) is 6.67. The van der Waals surface area contributed by atoms with E-state index in [-0.39, 0.29) is 11.9 Å². The highest BCUT2D eigenvalue weighted by atomic mass is 16.8. The van der Waals surface area contributed by atoms with Gasteiger partial charge in [-0.1, -0.05) is 43.7 Å². The molecule has 0 amide bonds. The largest absolute Gasteiger partial charge is 0.431 e. The van der Waals surface area contributed by atoms with Crippen LogP contribution in [-0.2, 0) is 14.3 Å². The first kappa shape index (κ1) is 11.7. The third-order valence-electron chi connectivity index (χ3n) is 4.07. The van der Waals surface area contributed by atoms with Crippen molar-refractivity contribution in [2.75, 3.05) is 0 Å². The van der Waals surface area contributed by atoms with Gasteiger partial charge in [-0.25, -0.2) is 4.79 Å². The Balaban J connectivity index is 1.86. The van der Waals surface area contributed by atoms with Gasteiger partial charge in [0, 0.05) is 12.3 Å². The van der Waals surface area contributed by atoms with Crippen molar-refractivity contribution in [1.82, 2.24) is 0 Å². The minimum absolute atomic E-state index is 0.241. The Morgan fingerprint density at radius 2 is 2.00 bits per heavy atom. The van der Waals surface area contributed by atoms with Gasteiger partial charge >= 0.3 is 5.97 Å². The van der Waals surface area contributed by atoms with Crippen LogP contribution in [-0.4, -0.2) is 11.8 Å². The molecule has 1 aliphatic carbocycles. The Labute approximate surface area is 107 Å². The maximum absolute atomic E-state index is 12.0. The molecule has 0 radical (unpaired) electrons. The van der Waals surface area contributed by atoms with Crippen molar-refractivity contribution in [2.45, 2.75) is 44.5 Å².